The fraction of sp³-hybridized carbons (Fsp3) is 0.162. The van der Waals surface area contributed by atoms with Crippen LogP contribution in [-0.4, -0.2) is 30.5 Å². The van der Waals surface area contributed by atoms with E-state index in [4.69, 9.17) is 19.2 Å². The Kier molecular flexibility index (Phi) is 10.3. The summed E-state index contributed by atoms with van der Waals surface area (Å²) in [6.07, 6.45) is 3.76. The van der Waals surface area contributed by atoms with Gasteiger partial charge in [-0.2, -0.15) is 0 Å². The highest BCUT2D eigenvalue weighted by Crippen LogP contribution is 2.38. The molecule has 2 heterocycles. The van der Waals surface area contributed by atoms with E-state index in [-0.39, 0.29) is 24.6 Å². The molecule has 5 aromatic rings. The number of aromatic nitrogens is 1. The lowest BCUT2D eigenvalue weighted by molar-refractivity contribution is -0.138. The Labute approximate surface area is 293 Å². The van der Waals surface area contributed by atoms with Crippen molar-refractivity contribution < 1.29 is 23.4 Å². The Morgan fingerprint density at radius 2 is 1.79 bits per heavy atom. The standard InChI is InChI=1S/C37H30BrFN2O5S2/c1-4-45-36(43)31-32(24-8-6-5-7-9-24)40-37-41(33(31)25-12-16-27(47-3)17-13-25)35(42)30(48-37)20-23-18-28(38)34(29(19-23)44-2)46-21-22-10-14-26(39)15-11-22/h5-20,33H,4,21H2,1-3H3/b30-20-/t33-/m0/s1. The molecule has 1 aliphatic heterocycles. The van der Waals surface area contributed by atoms with Crippen molar-refractivity contribution in [1.82, 2.24) is 4.57 Å². The molecule has 0 unspecified atom stereocenters. The number of hydrogen-bond donors (Lipinski definition) is 0. The third kappa shape index (κ3) is 6.89. The Morgan fingerprint density at radius 3 is 2.46 bits per heavy atom. The van der Waals surface area contributed by atoms with Gasteiger partial charge >= 0.3 is 5.97 Å². The summed E-state index contributed by atoms with van der Waals surface area (Å²) < 4.78 is 33.2. The van der Waals surface area contributed by atoms with Gasteiger partial charge in [-0.25, -0.2) is 14.2 Å². The van der Waals surface area contributed by atoms with Crippen molar-refractivity contribution in [3.63, 3.8) is 0 Å². The van der Waals surface area contributed by atoms with E-state index in [1.54, 1.807) is 47.5 Å². The van der Waals surface area contributed by atoms with Crippen LogP contribution in [0.2, 0.25) is 0 Å². The molecule has 1 aliphatic rings. The van der Waals surface area contributed by atoms with Gasteiger partial charge in [-0.05, 0) is 88.3 Å². The fourth-order valence-electron chi connectivity index (χ4n) is 5.39. The van der Waals surface area contributed by atoms with Gasteiger partial charge in [0.15, 0.2) is 16.3 Å². The minimum absolute atomic E-state index is 0.174. The summed E-state index contributed by atoms with van der Waals surface area (Å²) in [7, 11) is 1.54. The van der Waals surface area contributed by atoms with E-state index in [0.29, 0.717) is 42.1 Å². The third-order valence-corrected chi connectivity index (χ3v) is 9.97. The van der Waals surface area contributed by atoms with E-state index in [1.807, 2.05) is 66.9 Å². The molecule has 244 valence electrons. The van der Waals surface area contributed by atoms with Crippen molar-refractivity contribution in [2.75, 3.05) is 20.0 Å². The zero-order valence-corrected chi connectivity index (χ0v) is 29.5. The van der Waals surface area contributed by atoms with Gasteiger partial charge in [0.25, 0.3) is 5.56 Å². The number of hydrogen-bond acceptors (Lipinski definition) is 8. The van der Waals surface area contributed by atoms with Gasteiger partial charge in [-0.1, -0.05) is 65.9 Å². The minimum Gasteiger partial charge on any atom is -0.493 e. The average molecular weight is 746 g/mol. The molecule has 6 rings (SSSR count). The van der Waals surface area contributed by atoms with E-state index in [2.05, 4.69) is 15.9 Å². The van der Waals surface area contributed by atoms with Crippen molar-refractivity contribution in [3.8, 4) is 11.5 Å². The summed E-state index contributed by atoms with van der Waals surface area (Å²) >= 11 is 6.44. The van der Waals surface area contributed by atoms with Gasteiger partial charge in [0.1, 0.15) is 12.4 Å². The number of esters is 1. The van der Waals surface area contributed by atoms with Gasteiger partial charge < -0.3 is 14.2 Å². The van der Waals surface area contributed by atoms with Crippen molar-refractivity contribution >= 4 is 56.8 Å². The maximum atomic E-state index is 14.3. The number of thiazole rings is 1. The van der Waals surface area contributed by atoms with E-state index >= 15 is 0 Å². The first-order valence-electron chi connectivity index (χ1n) is 15.0. The first-order chi connectivity index (χ1) is 23.3. The minimum atomic E-state index is -0.767. The van der Waals surface area contributed by atoms with Gasteiger partial charge in [-0.3, -0.25) is 9.36 Å². The first-order valence-corrected chi connectivity index (χ1v) is 17.8. The van der Waals surface area contributed by atoms with Crippen LogP contribution in [0.3, 0.4) is 0 Å². The lowest BCUT2D eigenvalue weighted by Gasteiger charge is -2.26. The molecular formula is C37H30BrFN2O5S2. The van der Waals surface area contributed by atoms with E-state index in [9.17, 15) is 14.0 Å². The zero-order valence-electron chi connectivity index (χ0n) is 26.2. The maximum Gasteiger partial charge on any atom is 0.338 e. The third-order valence-electron chi connectivity index (χ3n) is 7.65. The molecule has 11 heteroatoms. The molecule has 0 saturated heterocycles. The van der Waals surface area contributed by atoms with Crippen LogP contribution in [-0.2, 0) is 16.1 Å². The summed E-state index contributed by atoms with van der Waals surface area (Å²) in [4.78, 5) is 34.4. The Bertz CT molecular complexity index is 2180. The number of methoxy groups -OCH3 is 1. The van der Waals surface area contributed by atoms with Crippen LogP contribution in [0.1, 0.15) is 35.2 Å². The predicted molar refractivity (Wildman–Crippen MR) is 191 cm³/mol. The highest BCUT2D eigenvalue weighted by molar-refractivity contribution is 9.10. The van der Waals surface area contributed by atoms with Crippen molar-refractivity contribution in [2.45, 2.75) is 24.5 Å². The first kappa shape index (κ1) is 33.5. The quantitative estimate of drug-likeness (QED) is 0.112. The molecule has 0 aliphatic carbocycles. The number of thioether (sulfide) groups is 1. The van der Waals surface area contributed by atoms with Crippen LogP contribution in [0.5, 0.6) is 11.5 Å². The lowest BCUT2D eigenvalue weighted by Crippen LogP contribution is -2.40. The largest absolute Gasteiger partial charge is 0.493 e. The predicted octanol–water partition coefficient (Wildman–Crippen LogP) is 7.15. The zero-order chi connectivity index (χ0) is 33.8. The van der Waals surface area contributed by atoms with E-state index < -0.39 is 12.0 Å². The monoisotopic (exact) mass is 744 g/mol. The molecular weight excluding hydrogens is 715 g/mol. The number of ether oxygens (including phenoxy) is 3. The number of benzene rings is 4. The second-order valence-corrected chi connectivity index (χ2v) is 13.4. The highest BCUT2D eigenvalue weighted by atomic mass is 79.9. The molecule has 1 atom stereocenters. The molecule has 0 fully saturated rings. The maximum absolute atomic E-state index is 14.3. The van der Waals surface area contributed by atoms with Crippen molar-refractivity contribution in [3.05, 3.63) is 149 Å². The second kappa shape index (κ2) is 14.8. The average Bonchev–Trinajstić information content (AvgIpc) is 3.41. The van der Waals surface area contributed by atoms with Gasteiger partial charge in [0.05, 0.1) is 40.0 Å². The van der Waals surface area contributed by atoms with Gasteiger partial charge in [-0.15, -0.1) is 11.8 Å². The SMILES string of the molecule is CCOC(=O)C1=C(c2ccccc2)N=c2s/c(=C\c3cc(Br)c(OCc4ccc(F)cc4)c(OC)c3)c(=O)n2[C@H]1c1ccc(SC)cc1. The summed E-state index contributed by atoms with van der Waals surface area (Å²) in [6, 6.07) is 26.2. The van der Waals surface area contributed by atoms with Gasteiger partial charge in [0, 0.05) is 10.5 Å². The van der Waals surface area contributed by atoms with Crippen LogP contribution in [0, 0.1) is 5.82 Å². The molecule has 7 nitrogen and oxygen atoms in total. The summed E-state index contributed by atoms with van der Waals surface area (Å²) in [5, 5.41) is 0. The van der Waals surface area contributed by atoms with Crippen LogP contribution in [0.15, 0.2) is 116 Å². The summed E-state index contributed by atoms with van der Waals surface area (Å²) in [6.45, 7) is 2.13. The topological polar surface area (TPSA) is 79.1 Å². The molecule has 0 saturated carbocycles. The Balaban J connectivity index is 1.49. The molecule has 4 aromatic carbocycles. The number of carbonyl (C=O) groups is 1. The molecule has 0 N–H and O–H groups in total. The molecule has 0 spiro atoms. The van der Waals surface area contributed by atoms with Crippen LogP contribution in [0.4, 0.5) is 4.39 Å². The fourth-order valence-corrected chi connectivity index (χ4v) is 7.38. The number of rotatable bonds is 10. The second-order valence-electron chi connectivity index (χ2n) is 10.7. The van der Waals surface area contributed by atoms with E-state index in [1.165, 1.54) is 30.6 Å². The van der Waals surface area contributed by atoms with Crippen molar-refractivity contribution in [2.24, 2.45) is 4.99 Å². The molecule has 0 amide bonds. The Hall–Kier alpha value is -4.45. The van der Waals surface area contributed by atoms with Crippen LogP contribution in [0.25, 0.3) is 11.8 Å². The number of carbonyl (C=O) groups excluding carboxylic acids is 1. The normalized spacial score (nSPS) is 14.4. The van der Waals surface area contributed by atoms with Gasteiger partial charge in [0.2, 0.25) is 0 Å². The summed E-state index contributed by atoms with van der Waals surface area (Å²) in [5.74, 6) is 0.0764. The van der Waals surface area contributed by atoms with Crippen LogP contribution < -0.4 is 24.4 Å². The molecule has 0 radical (unpaired) electrons. The smallest absolute Gasteiger partial charge is 0.338 e. The summed E-state index contributed by atoms with van der Waals surface area (Å²) in [5.41, 5.74) is 3.46. The van der Waals surface area contributed by atoms with Crippen molar-refractivity contribution in [1.29, 1.82) is 0 Å². The van der Waals surface area contributed by atoms with Crippen LogP contribution >= 0.6 is 39.0 Å². The van der Waals surface area contributed by atoms with E-state index in [0.717, 1.165) is 21.6 Å². The molecule has 1 aromatic heterocycles. The highest BCUT2D eigenvalue weighted by Gasteiger charge is 2.35. The number of halogens is 2. The lowest BCUT2D eigenvalue weighted by atomic mass is 9.93. The molecule has 48 heavy (non-hydrogen) atoms. The Morgan fingerprint density at radius 1 is 1.06 bits per heavy atom. The number of fused-ring (bicyclic) bond motifs is 1. The molecule has 0 bridgehead atoms. The number of nitrogens with zero attached hydrogens (tertiary/aromatic N) is 2.